The van der Waals surface area contributed by atoms with Crippen LogP contribution in [0.4, 0.5) is 0 Å². The summed E-state index contributed by atoms with van der Waals surface area (Å²) in [6.07, 6.45) is 0. The third kappa shape index (κ3) is 2.53. The number of carbonyl (C=O) groups excluding carboxylic acids is 1. The van der Waals surface area contributed by atoms with Crippen molar-refractivity contribution in [3.05, 3.63) is 35.5 Å². The molecule has 0 radical (unpaired) electrons. The number of hydrogen-bond donors (Lipinski definition) is 1. The number of esters is 1. The molecule has 0 spiro atoms. The van der Waals surface area contributed by atoms with E-state index in [4.69, 9.17) is 4.74 Å². The molecule has 0 aliphatic heterocycles. The summed E-state index contributed by atoms with van der Waals surface area (Å²) in [6.45, 7) is 3.44. The number of aryl methyl sites for hydroxylation is 1. The van der Waals surface area contributed by atoms with Crippen LogP contribution in [0, 0.1) is 6.92 Å². The van der Waals surface area contributed by atoms with Gasteiger partial charge in [-0.05, 0) is 31.2 Å². The van der Waals surface area contributed by atoms with Gasteiger partial charge in [-0.15, -0.1) is 0 Å². The second-order valence-electron chi connectivity index (χ2n) is 3.89. The predicted molar refractivity (Wildman–Crippen MR) is 63.6 cm³/mol. The number of pyridine rings is 1. The van der Waals surface area contributed by atoms with Crippen LogP contribution in [-0.2, 0) is 16.1 Å². The van der Waals surface area contributed by atoms with Crippen LogP contribution in [0.2, 0.25) is 0 Å². The fourth-order valence-electron chi connectivity index (χ4n) is 1.63. The minimum Gasteiger partial charge on any atom is -0.508 e. The Kier molecular flexibility index (Phi) is 2.95. The van der Waals surface area contributed by atoms with Crippen LogP contribution in [0.25, 0.3) is 10.9 Å². The monoisotopic (exact) mass is 231 g/mol. The van der Waals surface area contributed by atoms with E-state index >= 15 is 0 Å². The third-order valence-corrected chi connectivity index (χ3v) is 2.52. The van der Waals surface area contributed by atoms with Gasteiger partial charge in [0.25, 0.3) is 0 Å². The number of ether oxygens (including phenoxy) is 1. The standard InChI is InChI=1S/C13H13NO3/c1-8-11(7-17-9(2)15)5-10-6-12(16)3-4-13(10)14-8/h3-6,16H,7H2,1-2H3. The van der Waals surface area contributed by atoms with E-state index in [0.717, 1.165) is 22.2 Å². The lowest BCUT2D eigenvalue weighted by Gasteiger charge is -2.07. The van der Waals surface area contributed by atoms with Crippen molar-refractivity contribution in [2.24, 2.45) is 0 Å². The molecule has 1 heterocycles. The van der Waals surface area contributed by atoms with Crippen LogP contribution in [-0.4, -0.2) is 16.1 Å². The molecule has 0 saturated carbocycles. The van der Waals surface area contributed by atoms with Gasteiger partial charge in [0.1, 0.15) is 12.4 Å². The molecule has 88 valence electrons. The van der Waals surface area contributed by atoms with Gasteiger partial charge in [0.2, 0.25) is 0 Å². The summed E-state index contributed by atoms with van der Waals surface area (Å²) in [4.78, 5) is 15.2. The fraction of sp³-hybridized carbons (Fsp3) is 0.231. The summed E-state index contributed by atoms with van der Waals surface area (Å²) in [6, 6.07) is 6.87. The lowest BCUT2D eigenvalue weighted by atomic mass is 10.1. The van der Waals surface area contributed by atoms with Crippen molar-refractivity contribution in [1.82, 2.24) is 4.98 Å². The Morgan fingerprint density at radius 3 is 2.88 bits per heavy atom. The van der Waals surface area contributed by atoms with Gasteiger partial charge in [0, 0.05) is 23.6 Å². The van der Waals surface area contributed by atoms with Crippen molar-refractivity contribution < 1.29 is 14.6 Å². The van der Waals surface area contributed by atoms with E-state index in [2.05, 4.69) is 4.98 Å². The Bertz CT molecular complexity index is 578. The fourth-order valence-corrected chi connectivity index (χ4v) is 1.63. The highest BCUT2D eigenvalue weighted by molar-refractivity contribution is 5.81. The van der Waals surface area contributed by atoms with Gasteiger partial charge in [-0.1, -0.05) is 0 Å². The molecule has 4 heteroatoms. The highest BCUT2D eigenvalue weighted by atomic mass is 16.5. The molecule has 1 N–H and O–H groups in total. The van der Waals surface area contributed by atoms with Crippen LogP contribution in [0.3, 0.4) is 0 Å². The van der Waals surface area contributed by atoms with E-state index in [1.165, 1.54) is 6.92 Å². The second kappa shape index (κ2) is 4.41. The highest BCUT2D eigenvalue weighted by Crippen LogP contribution is 2.21. The van der Waals surface area contributed by atoms with Crippen LogP contribution in [0.15, 0.2) is 24.3 Å². The van der Waals surface area contributed by atoms with Crippen molar-refractivity contribution in [1.29, 1.82) is 0 Å². The van der Waals surface area contributed by atoms with E-state index in [9.17, 15) is 9.90 Å². The lowest BCUT2D eigenvalue weighted by Crippen LogP contribution is -2.01. The van der Waals surface area contributed by atoms with Gasteiger partial charge in [0.15, 0.2) is 0 Å². The van der Waals surface area contributed by atoms with E-state index in [1.807, 2.05) is 13.0 Å². The molecule has 0 aliphatic rings. The third-order valence-electron chi connectivity index (χ3n) is 2.52. The molecule has 0 bridgehead atoms. The van der Waals surface area contributed by atoms with Crippen LogP contribution >= 0.6 is 0 Å². The van der Waals surface area contributed by atoms with E-state index in [-0.39, 0.29) is 18.3 Å². The van der Waals surface area contributed by atoms with Gasteiger partial charge < -0.3 is 9.84 Å². The van der Waals surface area contributed by atoms with Gasteiger partial charge in [-0.2, -0.15) is 0 Å². The predicted octanol–water partition coefficient (Wildman–Crippen LogP) is 2.31. The van der Waals surface area contributed by atoms with E-state index < -0.39 is 0 Å². The Morgan fingerprint density at radius 1 is 1.41 bits per heavy atom. The van der Waals surface area contributed by atoms with E-state index in [0.29, 0.717) is 0 Å². The van der Waals surface area contributed by atoms with Crippen molar-refractivity contribution in [3.8, 4) is 5.75 Å². The Balaban J connectivity index is 2.42. The first-order chi connectivity index (χ1) is 8.06. The number of aromatic nitrogens is 1. The number of aromatic hydroxyl groups is 1. The highest BCUT2D eigenvalue weighted by Gasteiger charge is 2.05. The molecular weight excluding hydrogens is 218 g/mol. The second-order valence-corrected chi connectivity index (χ2v) is 3.89. The summed E-state index contributed by atoms with van der Waals surface area (Å²) >= 11 is 0. The van der Waals surface area contributed by atoms with Crippen LogP contribution in [0.5, 0.6) is 5.75 Å². The molecule has 1 aromatic heterocycles. The number of carbonyl (C=O) groups is 1. The van der Waals surface area contributed by atoms with Crippen LogP contribution in [0.1, 0.15) is 18.2 Å². The Hall–Kier alpha value is -2.10. The van der Waals surface area contributed by atoms with E-state index in [1.54, 1.807) is 18.2 Å². The van der Waals surface area contributed by atoms with Crippen LogP contribution < -0.4 is 0 Å². The number of nitrogens with zero attached hydrogens (tertiary/aromatic N) is 1. The zero-order valence-electron chi connectivity index (χ0n) is 9.73. The quantitative estimate of drug-likeness (QED) is 0.806. The molecule has 2 aromatic rings. The average Bonchev–Trinajstić information content (AvgIpc) is 2.26. The number of benzene rings is 1. The summed E-state index contributed by atoms with van der Waals surface area (Å²) < 4.78 is 4.95. The van der Waals surface area contributed by atoms with Crippen molar-refractivity contribution in [2.75, 3.05) is 0 Å². The Labute approximate surface area is 98.9 Å². The molecule has 0 atom stereocenters. The molecule has 1 aromatic carbocycles. The summed E-state index contributed by atoms with van der Waals surface area (Å²) in [5.41, 5.74) is 2.48. The molecule has 0 saturated heterocycles. The average molecular weight is 231 g/mol. The molecule has 4 nitrogen and oxygen atoms in total. The Morgan fingerprint density at radius 2 is 2.18 bits per heavy atom. The maximum Gasteiger partial charge on any atom is 0.302 e. The number of phenols is 1. The minimum absolute atomic E-state index is 0.196. The summed E-state index contributed by atoms with van der Waals surface area (Å²) in [7, 11) is 0. The first kappa shape index (κ1) is 11.4. The number of hydrogen-bond acceptors (Lipinski definition) is 4. The first-order valence-corrected chi connectivity index (χ1v) is 5.29. The zero-order chi connectivity index (χ0) is 12.4. The molecule has 2 rings (SSSR count). The molecule has 0 amide bonds. The summed E-state index contributed by atoms with van der Waals surface area (Å²) in [5.74, 6) is -0.123. The topological polar surface area (TPSA) is 59.4 Å². The first-order valence-electron chi connectivity index (χ1n) is 5.29. The number of rotatable bonds is 2. The summed E-state index contributed by atoms with van der Waals surface area (Å²) in [5, 5.41) is 10.2. The normalized spacial score (nSPS) is 10.5. The minimum atomic E-state index is -0.319. The van der Waals surface area contributed by atoms with Crippen molar-refractivity contribution in [2.45, 2.75) is 20.5 Å². The molecule has 0 unspecified atom stereocenters. The zero-order valence-corrected chi connectivity index (χ0v) is 9.73. The maximum absolute atomic E-state index is 10.8. The van der Waals surface area contributed by atoms with Gasteiger partial charge in [-0.25, -0.2) is 0 Å². The van der Waals surface area contributed by atoms with Gasteiger partial charge >= 0.3 is 5.97 Å². The lowest BCUT2D eigenvalue weighted by molar-refractivity contribution is -0.142. The number of phenolic OH excluding ortho intramolecular Hbond substituents is 1. The SMILES string of the molecule is CC(=O)OCc1cc2cc(O)ccc2nc1C. The van der Waals surface area contributed by atoms with Crippen molar-refractivity contribution >= 4 is 16.9 Å². The molecule has 17 heavy (non-hydrogen) atoms. The smallest absolute Gasteiger partial charge is 0.302 e. The number of fused-ring (bicyclic) bond motifs is 1. The van der Waals surface area contributed by atoms with Crippen molar-refractivity contribution in [3.63, 3.8) is 0 Å². The van der Waals surface area contributed by atoms with Gasteiger partial charge in [0.05, 0.1) is 5.52 Å². The molecule has 0 aliphatic carbocycles. The maximum atomic E-state index is 10.8. The molecule has 0 fully saturated rings. The largest absolute Gasteiger partial charge is 0.508 e. The molecular formula is C13H13NO3. The van der Waals surface area contributed by atoms with Gasteiger partial charge in [-0.3, -0.25) is 9.78 Å².